The number of carbonyl (C=O) groups excluding carboxylic acids is 1. The molecule has 0 unspecified atom stereocenters. The number of carbonyl (C=O) groups is 1. The molecule has 0 bridgehead atoms. The van der Waals surface area contributed by atoms with E-state index in [9.17, 15) is 13.2 Å². The molecule has 0 atom stereocenters. The number of anilines is 1. The maximum absolute atomic E-state index is 11.6. The molecule has 1 aromatic rings. The standard InChI is InChI=1S/C11H15NO4S/c1-3-4-16-11(13)8-5-9(12)7-10(6-8)17(2,14)15/h5-7H,3-4,12H2,1-2H3. The third-order valence-electron chi connectivity index (χ3n) is 2.03. The average Bonchev–Trinajstić information content (AvgIpc) is 2.23. The summed E-state index contributed by atoms with van der Waals surface area (Å²) in [5.41, 5.74) is 5.92. The summed E-state index contributed by atoms with van der Waals surface area (Å²) in [6.07, 6.45) is 1.76. The lowest BCUT2D eigenvalue weighted by Gasteiger charge is -2.06. The van der Waals surface area contributed by atoms with E-state index in [1.807, 2.05) is 6.92 Å². The Balaban J connectivity index is 3.10. The Kier molecular flexibility index (Phi) is 4.11. The lowest BCUT2D eigenvalue weighted by atomic mass is 10.2. The third kappa shape index (κ3) is 3.74. The number of ether oxygens (including phenoxy) is 1. The van der Waals surface area contributed by atoms with Crippen molar-refractivity contribution in [3.63, 3.8) is 0 Å². The van der Waals surface area contributed by atoms with Crippen LogP contribution in [-0.4, -0.2) is 27.2 Å². The van der Waals surface area contributed by atoms with Crippen LogP contribution in [0.15, 0.2) is 23.1 Å². The quantitative estimate of drug-likeness (QED) is 0.647. The molecule has 0 saturated heterocycles. The molecule has 0 spiro atoms. The Morgan fingerprint density at radius 1 is 1.35 bits per heavy atom. The summed E-state index contributed by atoms with van der Waals surface area (Å²) in [7, 11) is -3.39. The van der Waals surface area contributed by atoms with Gasteiger partial charge in [0.2, 0.25) is 0 Å². The molecule has 0 aliphatic carbocycles. The highest BCUT2D eigenvalue weighted by atomic mass is 32.2. The molecule has 0 saturated carbocycles. The van der Waals surface area contributed by atoms with Crippen LogP contribution >= 0.6 is 0 Å². The Hall–Kier alpha value is -1.56. The van der Waals surface area contributed by atoms with Crippen LogP contribution in [0.1, 0.15) is 23.7 Å². The van der Waals surface area contributed by atoms with Crippen molar-refractivity contribution in [1.82, 2.24) is 0 Å². The number of esters is 1. The summed E-state index contributed by atoms with van der Waals surface area (Å²) in [4.78, 5) is 11.6. The predicted octanol–water partition coefficient (Wildman–Crippen LogP) is 1.24. The zero-order chi connectivity index (χ0) is 13.1. The van der Waals surface area contributed by atoms with Gasteiger partial charge in [-0.25, -0.2) is 13.2 Å². The minimum atomic E-state index is -3.39. The van der Waals surface area contributed by atoms with Gasteiger partial charge in [0.1, 0.15) is 0 Å². The van der Waals surface area contributed by atoms with E-state index in [2.05, 4.69) is 0 Å². The van der Waals surface area contributed by atoms with Gasteiger partial charge in [-0.05, 0) is 24.6 Å². The van der Waals surface area contributed by atoms with Crippen molar-refractivity contribution in [2.75, 3.05) is 18.6 Å². The molecule has 0 radical (unpaired) electrons. The fourth-order valence-corrected chi connectivity index (χ4v) is 1.92. The first kappa shape index (κ1) is 13.5. The fourth-order valence-electron chi connectivity index (χ4n) is 1.23. The largest absolute Gasteiger partial charge is 0.462 e. The van der Waals surface area contributed by atoms with Gasteiger partial charge in [0.25, 0.3) is 0 Å². The van der Waals surface area contributed by atoms with Crippen molar-refractivity contribution >= 4 is 21.5 Å². The van der Waals surface area contributed by atoms with Crippen molar-refractivity contribution in [2.24, 2.45) is 0 Å². The van der Waals surface area contributed by atoms with E-state index < -0.39 is 15.8 Å². The van der Waals surface area contributed by atoms with E-state index >= 15 is 0 Å². The molecule has 0 amide bonds. The predicted molar refractivity (Wildman–Crippen MR) is 64.5 cm³/mol. The minimum Gasteiger partial charge on any atom is -0.462 e. The number of hydrogen-bond acceptors (Lipinski definition) is 5. The molecule has 2 N–H and O–H groups in total. The number of hydrogen-bond donors (Lipinski definition) is 1. The molecule has 0 aliphatic rings. The van der Waals surface area contributed by atoms with Gasteiger partial charge in [-0.1, -0.05) is 6.92 Å². The van der Waals surface area contributed by atoms with Crippen molar-refractivity contribution in [2.45, 2.75) is 18.2 Å². The maximum Gasteiger partial charge on any atom is 0.338 e. The van der Waals surface area contributed by atoms with Crippen LogP contribution in [0.5, 0.6) is 0 Å². The van der Waals surface area contributed by atoms with Crippen LogP contribution in [0.2, 0.25) is 0 Å². The zero-order valence-electron chi connectivity index (χ0n) is 9.76. The van der Waals surface area contributed by atoms with Crippen molar-refractivity contribution in [1.29, 1.82) is 0 Å². The van der Waals surface area contributed by atoms with E-state index in [4.69, 9.17) is 10.5 Å². The monoisotopic (exact) mass is 257 g/mol. The minimum absolute atomic E-state index is 0.0148. The number of benzene rings is 1. The summed E-state index contributed by atoms with van der Waals surface area (Å²) in [6.45, 7) is 2.16. The van der Waals surface area contributed by atoms with Gasteiger partial charge in [-0.3, -0.25) is 0 Å². The van der Waals surface area contributed by atoms with Gasteiger partial charge in [0.15, 0.2) is 9.84 Å². The van der Waals surface area contributed by atoms with Gasteiger partial charge in [0, 0.05) is 11.9 Å². The first-order chi connectivity index (χ1) is 7.84. The molecule has 0 aliphatic heterocycles. The average molecular weight is 257 g/mol. The van der Waals surface area contributed by atoms with Crippen LogP contribution in [0.25, 0.3) is 0 Å². The molecular formula is C11H15NO4S. The highest BCUT2D eigenvalue weighted by molar-refractivity contribution is 7.90. The molecule has 1 aromatic carbocycles. The van der Waals surface area contributed by atoms with E-state index in [0.717, 1.165) is 6.26 Å². The van der Waals surface area contributed by atoms with Gasteiger partial charge in [0.05, 0.1) is 17.1 Å². The number of nitrogens with two attached hydrogens (primary N) is 1. The van der Waals surface area contributed by atoms with Crippen molar-refractivity contribution in [3.8, 4) is 0 Å². The maximum atomic E-state index is 11.6. The van der Waals surface area contributed by atoms with Gasteiger partial charge in [-0.15, -0.1) is 0 Å². The fraction of sp³-hybridized carbons (Fsp3) is 0.364. The topological polar surface area (TPSA) is 86.5 Å². The van der Waals surface area contributed by atoms with Gasteiger partial charge >= 0.3 is 5.97 Å². The second-order valence-corrected chi connectivity index (χ2v) is 5.71. The SMILES string of the molecule is CCCOC(=O)c1cc(N)cc(S(C)(=O)=O)c1. The molecule has 0 aromatic heterocycles. The molecule has 5 nitrogen and oxygen atoms in total. The molecule has 17 heavy (non-hydrogen) atoms. The van der Waals surface area contributed by atoms with E-state index in [1.165, 1.54) is 18.2 Å². The normalized spacial score (nSPS) is 11.2. The van der Waals surface area contributed by atoms with Crippen LogP contribution in [0.4, 0.5) is 5.69 Å². The summed E-state index contributed by atoms with van der Waals surface area (Å²) in [5, 5.41) is 0. The summed E-state index contributed by atoms with van der Waals surface area (Å²) in [5.74, 6) is -0.566. The van der Waals surface area contributed by atoms with E-state index in [0.29, 0.717) is 13.0 Å². The zero-order valence-corrected chi connectivity index (χ0v) is 10.6. The number of rotatable bonds is 4. The Morgan fingerprint density at radius 2 is 2.00 bits per heavy atom. The Labute approximate surface area is 100 Å². The lowest BCUT2D eigenvalue weighted by molar-refractivity contribution is 0.0505. The van der Waals surface area contributed by atoms with Crippen LogP contribution in [0, 0.1) is 0 Å². The van der Waals surface area contributed by atoms with E-state index in [1.54, 1.807) is 0 Å². The third-order valence-corrected chi connectivity index (χ3v) is 3.12. The summed E-state index contributed by atoms with van der Waals surface area (Å²) in [6, 6.07) is 3.97. The van der Waals surface area contributed by atoms with E-state index in [-0.39, 0.29) is 16.1 Å². The summed E-state index contributed by atoms with van der Waals surface area (Å²) >= 11 is 0. The van der Waals surface area contributed by atoms with Gasteiger partial charge < -0.3 is 10.5 Å². The number of sulfone groups is 1. The molecular weight excluding hydrogens is 242 g/mol. The Morgan fingerprint density at radius 3 is 2.53 bits per heavy atom. The molecule has 0 heterocycles. The molecule has 6 heteroatoms. The molecule has 1 rings (SSSR count). The van der Waals surface area contributed by atoms with Crippen molar-refractivity contribution < 1.29 is 17.9 Å². The molecule has 0 fully saturated rings. The lowest BCUT2D eigenvalue weighted by Crippen LogP contribution is -2.08. The van der Waals surface area contributed by atoms with Crippen molar-refractivity contribution in [3.05, 3.63) is 23.8 Å². The first-order valence-electron chi connectivity index (χ1n) is 5.12. The van der Waals surface area contributed by atoms with Gasteiger partial charge in [-0.2, -0.15) is 0 Å². The molecule has 94 valence electrons. The second kappa shape index (κ2) is 5.18. The Bertz CT molecular complexity index is 522. The first-order valence-corrected chi connectivity index (χ1v) is 7.01. The van der Waals surface area contributed by atoms with Crippen LogP contribution < -0.4 is 5.73 Å². The highest BCUT2D eigenvalue weighted by Crippen LogP contribution is 2.17. The smallest absolute Gasteiger partial charge is 0.338 e. The number of nitrogen functional groups attached to an aromatic ring is 1. The highest BCUT2D eigenvalue weighted by Gasteiger charge is 2.14. The second-order valence-electron chi connectivity index (χ2n) is 3.70. The van der Waals surface area contributed by atoms with Crippen LogP contribution in [0.3, 0.4) is 0 Å². The summed E-state index contributed by atoms with van der Waals surface area (Å²) < 4.78 is 27.6. The van der Waals surface area contributed by atoms with Crippen LogP contribution in [-0.2, 0) is 14.6 Å².